The first kappa shape index (κ1) is 25.7. The Hall–Kier alpha value is -3.96. The maximum absolute atomic E-state index is 13.5. The van der Waals surface area contributed by atoms with E-state index >= 15 is 0 Å². The van der Waals surface area contributed by atoms with Crippen LogP contribution in [-0.2, 0) is 11.0 Å². The summed E-state index contributed by atoms with van der Waals surface area (Å²) in [6, 6.07) is 10.3. The van der Waals surface area contributed by atoms with Gasteiger partial charge < -0.3 is 19.6 Å². The topological polar surface area (TPSA) is 81.6 Å². The fraction of sp³-hybridized carbons (Fsp3) is 0.423. The van der Waals surface area contributed by atoms with Gasteiger partial charge in [-0.2, -0.15) is 28.1 Å². The van der Waals surface area contributed by atoms with Crippen molar-refractivity contribution < 1.29 is 18.0 Å². The Balaban J connectivity index is 1.40. The van der Waals surface area contributed by atoms with Crippen molar-refractivity contribution >= 4 is 23.6 Å². The largest absolute Gasteiger partial charge is 0.419 e. The zero-order chi connectivity index (χ0) is 26.9. The molecule has 9 nitrogen and oxygen atoms in total. The molecule has 200 valence electrons. The molecule has 2 aliphatic heterocycles. The van der Waals surface area contributed by atoms with Gasteiger partial charge in [-0.1, -0.05) is 23.8 Å². The highest BCUT2D eigenvalue weighted by Gasteiger charge is 2.36. The summed E-state index contributed by atoms with van der Waals surface area (Å²) in [5.74, 6) is 1.54. The Morgan fingerprint density at radius 2 is 1.42 bits per heavy atom. The van der Waals surface area contributed by atoms with Gasteiger partial charge in [0.25, 0.3) is 0 Å². The van der Waals surface area contributed by atoms with Crippen molar-refractivity contribution in [3.8, 4) is 11.4 Å². The number of carbonyl (C=O) groups is 1. The number of hydrogen-bond donors (Lipinski definition) is 0. The lowest BCUT2D eigenvalue weighted by molar-refractivity contribution is -0.137. The Morgan fingerprint density at radius 3 is 2.00 bits per heavy atom. The monoisotopic (exact) mass is 526 g/mol. The predicted molar refractivity (Wildman–Crippen MR) is 138 cm³/mol. The van der Waals surface area contributed by atoms with E-state index in [1.165, 1.54) is 12.3 Å². The van der Waals surface area contributed by atoms with Gasteiger partial charge in [-0.25, -0.2) is 4.98 Å². The third-order valence-electron chi connectivity index (χ3n) is 6.85. The van der Waals surface area contributed by atoms with Crippen LogP contribution < -0.4 is 14.7 Å². The summed E-state index contributed by atoms with van der Waals surface area (Å²) in [7, 11) is 0. The molecule has 0 radical (unpaired) electrons. The van der Waals surface area contributed by atoms with Crippen LogP contribution >= 0.6 is 0 Å². The SMILES string of the molecule is CC(=O)N1CCN(c2nc(-c3cccc(C)c3)nc(N3CCN(c4ncccc4C(F)(F)F)CC3)n2)CC1. The fourth-order valence-electron chi connectivity index (χ4n) is 4.76. The van der Waals surface area contributed by atoms with E-state index in [2.05, 4.69) is 4.98 Å². The number of nitrogens with zero attached hydrogens (tertiary/aromatic N) is 8. The zero-order valence-corrected chi connectivity index (χ0v) is 21.3. The molecule has 2 aromatic heterocycles. The molecule has 12 heteroatoms. The summed E-state index contributed by atoms with van der Waals surface area (Å²) in [5, 5.41) is 0. The van der Waals surface area contributed by atoms with Crippen LogP contribution in [0.25, 0.3) is 11.4 Å². The van der Waals surface area contributed by atoms with Gasteiger partial charge in [0.2, 0.25) is 17.8 Å². The van der Waals surface area contributed by atoms with E-state index in [0.717, 1.165) is 17.2 Å². The van der Waals surface area contributed by atoms with Crippen LogP contribution in [0.2, 0.25) is 0 Å². The van der Waals surface area contributed by atoms with E-state index in [9.17, 15) is 18.0 Å². The van der Waals surface area contributed by atoms with Crippen molar-refractivity contribution in [1.82, 2.24) is 24.8 Å². The van der Waals surface area contributed by atoms with E-state index in [-0.39, 0.29) is 11.7 Å². The van der Waals surface area contributed by atoms with Crippen molar-refractivity contribution in [2.24, 2.45) is 0 Å². The summed E-state index contributed by atoms with van der Waals surface area (Å²) in [4.78, 5) is 37.6. The maximum Gasteiger partial charge on any atom is 0.419 e. The molecule has 1 amide bonds. The lowest BCUT2D eigenvalue weighted by Crippen LogP contribution is -2.49. The van der Waals surface area contributed by atoms with Gasteiger partial charge in [-0.15, -0.1) is 0 Å². The van der Waals surface area contributed by atoms with Crippen molar-refractivity contribution in [3.63, 3.8) is 0 Å². The Bertz CT molecular complexity index is 1300. The van der Waals surface area contributed by atoms with Gasteiger partial charge in [0, 0.05) is 71.0 Å². The van der Waals surface area contributed by atoms with E-state index < -0.39 is 11.7 Å². The molecule has 38 heavy (non-hydrogen) atoms. The van der Waals surface area contributed by atoms with Crippen LogP contribution in [0.4, 0.5) is 30.9 Å². The maximum atomic E-state index is 13.5. The molecular weight excluding hydrogens is 497 g/mol. The second-order valence-electron chi connectivity index (χ2n) is 9.47. The second-order valence-corrected chi connectivity index (χ2v) is 9.47. The van der Waals surface area contributed by atoms with Gasteiger partial charge in [0.05, 0.1) is 5.56 Å². The molecule has 0 bridgehead atoms. The molecule has 0 atom stereocenters. The molecule has 5 rings (SSSR count). The quantitative estimate of drug-likeness (QED) is 0.513. The summed E-state index contributed by atoms with van der Waals surface area (Å²) in [5.41, 5.74) is 1.20. The van der Waals surface area contributed by atoms with Crippen LogP contribution in [0.3, 0.4) is 0 Å². The molecule has 2 saturated heterocycles. The molecule has 0 spiro atoms. The lowest BCUT2D eigenvalue weighted by Gasteiger charge is -2.37. The number of aromatic nitrogens is 4. The number of halogens is 3. The molecule has 3 aromatic rings. The minimum Gasteiger partial charge on any atom is -0.353 e. The number of benzene rings is 1. The first-order chi connectivity index (χ1) is 18.2. The highest BCUT2D eigenvalue weighted by molar-refractivity contribution is 5.73. The number of amides is 1. The van der Waals surface area contributed by atoms with Crippen LogP contribution in [0.5, 0.6) is 0 Å². The Kier molecular flexibility index (Phi) is 7.04. The summed E-state index contributed by atoms with van der Waals surface area (Å²) in [6.45, 7) is 7.49. The smallest absolute Gasteiger partial charge is 0.353 e. The van der Waals surface area contributed by atoms with Crippen molar-refractivity contribution in [2.45, 2.75) is 20.0 Å². The number of hydrogen-bond acceptors (Lipinski definition) is 8. The third kappa shape index (κ3) is 5.48. The lowest BCUT2D eigenvalue weighted by atomic mass is 10.1. The van der Waals surface area contributed by atoms with Crippen LogP contribution in [0.15, 0.2) is 42.6 Å². The first-order valence-corrected chi connectivity index (χ1v) is 12.5. The predicted octanol–water partition coefficient (Wildman–Crippen LogP) is 3.26. The minimum absolute atomic E-state index is 0.0425. The summed E-state index contributed by atoms with van der Waals surface area (Å²) < 4.78 is 40.6. The van der Waals surface area contributed by atoms with Gasteiger partial charge in [-0.3, -0.25) is 4.79 Å². The second kappa shape index (κ2) is 10.4. The number of anilines is 3. The third-order valence-corrected chi connectivity index (χ3v) is 6.85. The first-order valence-electron chi connectivity index (χ1n) is 12.5. The molecule has 2 fully saturated rings. The van der Waals surface area contributed by atoms with E-state index in [1.807, 2.05) is 41.0 Å². The van der Waals surface area contributed by atoms with Gasteiger partial charge in [-0.05, 0) is 25.1 Å². The normalized spacial score (nSPS) is 16.7. The molecular formula is C26H29F3N8O. The number of aryl methyl sites for hydroxylation is 1. The molecule has 0 unspecified atom stereocenters. The summed E-state index contributed by atoms with van der Waals surface area (Å²) >= 11 is 0. The van der Waals surface area contributed by atoms with E-state index in [0.29, 0.717) is 70.1 Å². The molecule has 0 N–H and O–H groups in total. The van der Waals surface area contributed by atoms with Gasteiger partial charge in [0.1, 0.15) is 5.82 Å². The number of rotatable bonds is 4. The fourth-order valence-corrected chi connectivity index (χ4v) is 4.76. The Morgan fingerprint density at radius 1 is 0.816 bits per heavy atom. The highest BCUT2D eigenvalue weighted by atomic mass is 19.4. The number of carbonyl (C=O) groups excluding carboxylic acids is 1. The van der Waals surface area contributed by atoms with Crippen molar-refractivity contribution in [3.05, 3.63) is 53.7 Å². The van der Waals surface area contributed by atoms with Gasteiger partial charge in [0.15, 0.2) is 5.82 Å². The molecule has 0 aliphatic carbocycles. The van der Waals surface area contributed by atoms with Crippen LogP contribution in [0, 0.1) is 6.92 Å². The molecule has 4 heterocycles. The Labute approximate surface area is 218 Å². The van der Waals surface area contributed by atoms with E-state index in [1.54, 1.807) is 16.7 Å². The molecule has 0 saturated carbocycles. The number of pyridine rings is 1. The standard InChI is InChI=1S/C26H29F3N8O/c1-18-5-3-6-20(17-18)22-31-24(36-13-9-34(10-14-36)19(2)38)33-25(32-22)37-15-11-35(12-16-37)23-21(26(27,28)29)7-4-8-30-23/h3-8,17H,9-16H2,1-2H3. The minimum atomic E-state index is -4.47. The number of alkyl halides is 3. The average Bonchev–Trinajstić information content (AvgIpc) is 2.92. The molecule has 1 aromatic carbocycles. The van der Waals surface area contributed by atoms with Gasteiger partial charge >= 0.3 is 6.18 Å². The van der Waals surface area contributed by atoms with Crippen LogP contribution in [-0.4, -0.2) is 83.1 Å². The average molecular weight is 527 g/mol. The van der Waals surface area contributed by atoms with Crippen LogP contribution in [0.1, 0.15) is 18.1 Å². The molecule has 2 aliphatic rings. The van der Waals surface area contributed by atoms with Crippen molar-refractivity contribution in [1.29, 1.82) is 0 Å². The zero-order valence-electron chi connectivity index (χ0n) is 21.3. The number of piperazine rings is 2. The summed E-state index contributed by atoms with van der Waals surface area (Å²) in [6.07, 6.45) is -3.09. The highest BCUT2D eigenvalue weighted by Crippen LogP contribution is 2.35. The van der Waals surface area contributed by atoms with Crippen molar-refractivity contribution in [2.75, 3.05) is 67.1 Å². The van der Waals surface area contributed by atoms with E-state index in [4.69, 9.17) is 15.0 Å².